The zero-order valence-electron chi connectivity index (χ0n) is 26.0. The van der Waals surface area contributed by atoms with Crippen LogP contribution >= 0.6 is 23.2 Å². The summed E-state index contributed by atoms with van der Waals surface area (Å²) in [7, 11) is 0. The monoisotopic (exact) mass is 645 g/mol. The molecule has 0 fully saturated rings. The Morgan fingerprint density at radius 2 is 1.42 bits per heavy atom. The van der Waals surface area contributed by atoms with E-state index in [-0.39, 0.29) is 42.0 Å². The van der Waals surface area contributed by atoms with Gasteiger partial charge in [-0.25, -0.2) is 0 Å². The summed E-state index contributed by atoms with van der Waals surface area (Å²) in [5, 5.41) is 12.4. The number of ketones is 2. The Balaban J connectivity index is 1.45. The molecule has 0 bridgehead atoms. The molecule has 0 unspecified atom stereocenters. The van der Waals surface area contributed by atoms with E-state index in [1.54, 1.807) is 12.1 Å². The van der Waals surface area contributed by atoms with Crippen molar-refractivity contribution in [2.24, 2.45) is 10.8 Å². The molecule has 3 aromatic rings. The topological polar surface area (TPSA) is 83.9 Å². The number of carbonyl (C=O) groups excluding carboxylic acids is 2. The molecule has 0 spiro atoms. The van der Waals surface area contributed by atoms with Crippen LogP contribution in [0.25, 0.3) is 10.8 Å². The summed E-state index contributed by atoms with van der Waals surface area (Å²) in [6, 6.07) is 17.6. The first kappa shape index (κ1) is 31.4. The Hall–Kier alpha value is -3.61. The Morgan fingerprint density at radius 1 is 0.867 bits per heavy atom. The van der Waals surface area contributed by atoms with Crippen LogP contribution < -0.4 is 4.74 Å². The van der Waals surface area contributed by atoms with Crippen LogP contribution in [0.2, 0.25) is 10.0 Å². The lowest BCUT2D eigenvalue weighted by Gasteiger charge is -2.49. The highest BCUT2D eigenvalue weighted by atomic mass is 35.5. The third kappa shape index (κ3) is 6.03. The molecule has 0 saturated carbocycles. The molecule has 45 heavy (non-hydrogen) atoms. The molecule has 0 saturated heterocycles. The number of aliphatic carboxylic acids is 1. The normalized spacial score (nSPS) is 19.6. The summed E-state index contributed by atoms with van der Waals surface area (Å²) in [4.78, 5) is 41.7. The minimum Gasteiger partial charge on any atom is -0.486 e. The number of nitrogens with zero attached hydrogens (tertiary/aromatic N) is 1. The molecule has 8 heteroatoms. The summed E-state index contributed by atoms with van der Waals surface area (Å²) < 4.78 is 6.20. The van der Waals surface area contributed by atoms with Crippen molar-refractivity contribution in [3.63, 3.8) is 0 Å². The van der Waals surface area contributed by atoms with Crippen molar-refractivity contribution < 1.29 is 24.2 Å². The minimum atomic E-state index is -0.929. The fraction of sp³-hybridized carbons (Fsp3) is 0.378. The molecule has 6 rings (SSSR count). The van der Waals surface area contributed by atoms with Gasteiger partial charge in [0, 0.05) is 47.8 Å². The summed E-state index contributed by atoms with van der Waals surface area (Å²) in [5.74, 6) is -1.32. The number of rotatable bonds is 7. The maximum Gasteiger partial charge on any atom is 0.305 e. The second-order valence-electron chi connectivity index (χ2n) is 14.1. The van der Waals surface area contributed by atoms with Crippen LogP contribution in [-0.4, -0.2) is 34.1 Å². The molecule has 3 aliphatic rings. The largest absolute Gasteiger partial charge is 0.486 e. The average molecular weight is 647 g/mol. The maximum absolute atomic E-state index is 14.0. The zero-order valence-corrected chi connectivity index (χ0v) is 27.5. The number of carboxylic acids is 1. The predicted octanol–water partition coefficient (Wildman–Crippen LogP) is 8.89. The van der Waals surface area contributed by atoms with E-state index in [4.69, 9.17) is 27.9 Å². The van der Waals surface area contributed by atoms with E-state index in [1.807, 2.05) is 47.4 Å². The summed E-state index contributed by atoms with van der Waals surface area (Å²) in [5.41, 5.74) is 3.71. The SMILES string of the molecule is CC1(C)CC(=O)C2=C(C1)N(CCC(=O)O)C1=C(C(=O)CC(C)(C)C1)C2c1cc(Cl)c(OCc2cccc3ccccc23)c(Cl)c1. The van der Waals surface area contributed by atoms with Crippen molar-refractivity contribution in [3.05, 3.63) is 98.3 Å². The van der Waals surface area contributed by atoms with Crippen molar-refractivity contribution in [2.45, 2.75) is 72.3 Å². The van der Waals surface area contributed by atoms with Gasteiger partial charge in [0.2, 0.25) is 0 Å². The Kier molecular flexibility index (Phi) is 8.11. The van der Waals surface area contributed by atoms with Crippen LogP contribution in [0.5, 0.6) is 5.75 Å². The Labute approximate surface area is 273 Å². The second kappa shape index (κ2) is 11.6. The molecule has 1 aliphatic heterocycles. The predicted molar refractivity (Wildman–Crippen MR) is 177 cm³/mol. The smallest absolute Gasteiger partial charge is 0.305 e. The van der Waals surface area contributed by atoms with E-state index in [9.17, 15) is 19.5 Å². The van der Waals surface area contributed by atoms with Crippen molar-refractivity contribution in [1.29, 1.82) is 0 Å². The van der Waals surface area contributed by atoms with Crippen LogP contribution in [0, 0.1) is 10.8 Å². The van der Waals surface area contributed by atoms with Gasteiger partial charge in [-0.3, -0.25) is 14.4 Å². The summed E-state index contributed by atoms with van der Waals surface area (Å²) >= 11 is 13.8. The molecule has 3 aromatic carbocycles. The number of hydrogen-bond donors (Lipinski definition) is 1. The fourth-order valence-electron chi connectivity index (χ4n) is 7.31. The van der Waals surface area contributed by atoms with Gasteiger partial charge in [-0.1, -0.05) is 93.4 Å². The maximum atomic E-state index is 14.0. The van der Waals surface area contributed by atoms with Crippen molar-refractivity contribution in [1.82, 2.24) is 4.90 Å². The lowest BCUT2D eigenvalue weighted by Crippen LogP contribution is -2.45. The minimum absolute atomic E-state index is 0.0423. The third-order valence-electron chi connectivity index (χ3n) is 9.18. The first-order valence-corrected chi connectivity index (χ1v) is 16.1. The molecular weight excluding hydrogens is 609 g/mol. The second-order valence-corrected chi connectivity index (χ2v) is 14.9. The van der Waals surface area contributed by atoms with Gasteiger partial charge in [0.05, 0.1) is 16.5 Å². The van der Waals surface area contributed by atoms with Gasteiger partial charge in [0.25, 0.3) is 0 Å². The van der Waals surface area contributed by atoms with E-state index < -0.39 is 11.9 Å². The molecule has 2 aliphatic carbocycles. The van der Waals surface area contributed by atoms with Crippen LogP contribution in [0.3, 0.4) is 0 Å². The first-order valence-electron chi connectivity index (χ1n) is 15.3. The van der Waals surface area contributed by atoms with E-state index in [1.165, 1.54) is 0 Å². The molecule has 234 valence electrons. The first-order chi connectivity index (χ1) is 21.2. The van der Waals surface area contributed by atoms with Crippen molar-refractivity contribution in [2.75, 3.05) is 6.54 Å². The Bertz CT molecular complexity index is 1740. The summed E-state index contributed by atoms with van der Waals surface area (Å²) in [6.45, 7) is 8.65. The number of allylic oxidation sites excluding steroid dienone is 4. The van der Waals surface area contributed by atoms with Crippen LogP contribution in [0.4, 0.5) is 0 Å². The van der Waals surface area contributed by atoms with Crippen LogP contribution in [0.15, 0.2) is 77.1 Å². The number of carbonyl (C=O) groups is 3. The van der Waals surface area contributed by atoms with Crippen molar-refractivity contribution >= 4 is 51.5 Å². The van der Waals surface area contributed by atoms with Gasteiger partial charge in [0.15, 0.2) is 17.3 Å². The molecule has 6 nitrogen and oxygen atoms in total. The number of carboxylic acid groups (broad SMARTS) is 1. The van der Waals surface area contributed by atoms with Crippen LogP contribution in [-0.2, 0) is 21.0 Å². The molecule has 0 amide bonds. The Morgan fingerprint density at radius 3 is 2.00 bits per heavy atom. The molecule has 0 aromatic heterocycles. The highest BCUT2D eigenvalue weighted by molar-refractivity contribution is 6.37. The molecule has 1 N–H and O–H groups in total. The van der Waals surface area contributed by atoms with Gasteiger partial charge in [-0.05, 0) is 57.7 Å². The van der Waals surface area contributed by atoms with E-state index in [2.05, 4.69) is 27.7 Å². The highest BCUT2D eigenvalue weighted by Gasteiger charge is 2.49. The molecule has 0 atom stereocenters. The van der Waals surface area contributed by atoms with Gasteiger partial charge in [0.1, 0.15) is 6.61 Å². The molecular formula is C37H37Cl2NO5. The number of halogens is 2. The van der Waals surface area contributed by atoms with Gasteiger partial charge in [-0.2, -0.15) is 0 Å². The van der Waals surface area contributed by atoms with Gasteiger partial charge < -0.3 is 14.7 Å². The average Bonchev–Trinajstić information content (AvgIpc) is 2.94. The quantitative estimate of drug-likeness (QED) is 0.276. The number of fused-ring (bicyclic) bond motifs is 1. The lowest BCUT2D eigenvalue weighted by molar-refractivity contribution is -0.137. The fourth-order valence-corrected chi connectivity index (χ4v) is 7.92. The highest BCUT2D eigenvalue weighted by Crippen LogP contribution is 2.55. The number of ether oxygens (including phenoxy) is 1. The van der Waals surface area contributed by atoms with Crippen LogP contribution in [0.1, 0.15) is 76.8 Å². The van der Waals surface area contributed by atoms with E-state index in [0.717, 1.165) is 27.7 Å². The number of benzene rings is 3. The van der Waals surface area contributed by atoms with Gasteiger partial charge in [-0.15, -0.1) is 0 Å². The molecule has 1 heterocycles. The standard InChI is InChI=1S/C37H37Cl2NO5/c1-36(2)16-27-33(29(41)18-36)32(34-28(40(27)13-12-31(43)44)17-37(3,4)19-30(34)42)23-14-25(38)35(26(39)15-23)45-20-22-10-7-9-21-8-5-6-11-24(21)22/h5-11,14-15,32H,12-13,16-20H2,1-4H3,(H,43,44). The lowest BCUT2D eigenvalue weighted by atomic mass is 9.63. The zero-order chi connectivity index (χ0) is 32.3. The summed E-state index contributed by atoms with van der Waals surface area (Å²) in [6.07, 6.45) is 1.71. The van der Waals surface area contributed by atoms with E-state index >= 15 is 0 Å². The van der Waals surface area contributed by atoms with E-state index in [0.29, 0.717) is 58.2 Å². The number of Topliss-reactive ketones (excluding diaryl/α,β-unsaturated/α-hetero) is 2. The molecule has 0 radical (unpaired) electrons. The third-order valence-corrected chi connectivity index (χ3v) is 9.74. The van der Waals surface area contributed by atoms with Crippen molar-refractivity contribution in [3.8, 4) is 5.75 Å². The number of hydrogen-bond acceptors (Lipinski definition) is 5. The van der Waals surface area contributed by atoms with Gasteiger partial charge >= 0.3 is 5.97 Å².